The van der Waals surface area contributed by atoms with Gasteiger partial charge in [-0.2, -0.15) is 0 Å². The van der Waals surface area contributed by atoms with Crippen molar-refractivity contribution in [2.24, 2.45) is 0 Å². The summed E-state index contributed by atoms with van der Waals surface area (Å²) in [6.45, 7) is 2.97. The Hall–Kier alpha value is -4.65. The van der Waals surface area contributed by atoms with Gasteiger partial charge in [0, 0.05) is 11.8 Å². The number of carbonyl (C=O) groups is 1. The Bertz CT molecular complexity index is 1440. The van der Waals surface area contributed by atoms with Crippen LogP contribution in [0.3, 0.4) is 0 Å². The summed E-state index contributed by atoms with van der Waals surface area (Å²) in [6.07, 6.45) is 2.45. The molecule has 0 aliphatic rings. The minimum absolute atomic E-state index is 0.252. The molecule has 0 bridgehead atoms. The Kier molecular flexibility index (Phi) is 6.89. The van der Waals surface area contributed by atoms with Gasteiger partial charge in [0.25, 0.3) is 0 Å². The number of carbonyl (C=O) groups excluding carboxylic acids is 1. The molecule has 0 N–H and O–H groups in total. The van der Waals surface area contributed by atoms with Gasteiger partial charge in [-0.05, 0) is 42.3 Å². The number of hydrogen-bond acceptors (Lipinski definition) is 6. The van der Waals surface area contributed by atoms with Gasteiger partial charge in [0.15, 0.2) is 6.29 Å². The topological polar surface area (TPSA) is 79.4 Å². The number of oxazole rings is 1. The van der Waals surface area contributed by atoms with E-state index in [1.54, 1.807) is 10.9 Å². The fourth-order valence-electron chi connectivity index (χ4n) is 3.76. The second-order valence-corrected chi connectivity index (χ2v) is 8.30. The maximum Gasteiger partial charge on any atom is 0.243 e. The molecule has 180 valence electrons. The van der Waals surface area contributed by atoms with Gasteiger partial charge in [-0.1, -0.05) is 60.7 Å². The second kappa shape index (κ2) is 10.7. The van der Waals surface area contributed by atoms with Crippen LogP contribution < -0.4 is 9.47 Å². The summed E-state index contributed by atoms with van der Waals surface area (Å²) >= 11 is 0. The number of aryl methyl sites for hydroxylation is 1. The average Bonchev–Trinajstić information content (AvgIpc) is 3.50. The summed E-state index contributed by atoms with van der Waals surface area (Å²) in [5, 5.41) is 4.44. The SMILES string of the molecule is Cc1oc(-c2ccccc2)nc1COc1cccc(COc2nn(Cc3ccccc3)cc2C=O)c1. The van der Waals surface area contributed by atoms with Crippen molar-refractivity contribution >= 4 is 6.29 Å². The van der Waals surface area contributed by atoms with E-state index in [0.29, 0.717) is 29.6 Å². The maximum absolute atomic E-state index is 11.5. The Labute approximate surface area is 208 Å². The first-order chi connectivity index (χ1) is 17.7. The van der Waals surface area contributed by atoms with Gasteiger partial charge in [-0.25, -0.2) is 4.98 Å². The van der Waals surface area contributed by atoms with Gasteiger partial charge in [-0.15, -0.1) is 5.10 Å². The van der Waals surface area contributed by atoms with E-state index in [2.05, 4.69) is 10.1 Å². The minimum Gasteiger partial charge on any atom is -0.487 e. The van der Waals surface area contributed by atoms with Gasteiger partial charge in [-0.3, -0.25) is 9.48 Å². The van der Waals surface area contributed by atoms with Crippen LogP contribution in [-0.4, -0.2) is 21.1 Å². The lowest BCUT2D eigenvalue weighted by atomic mass is 10.2. The third-order valence-electron chi connectivity index (χ3n) is 5.63. The van der Waals surface area contributed by atoms with Crippen molar-refractivity contribution in [1.82, 2.24) is 14.8 Å². The molecule has 2 aromatic heterocycles. The number of aldehydes is 1. The van der Waals surface area contributed by atoms with Crippen molar-refractivity contribution in [1.29, 1.82) is 0 Å². The first kappa shape index (κ1) is 23.1. The second-order valence-electron chi connectivity index (χ2n) is 8.30. The molecule has 0 fully saturated rings. The van der Waals surface area contributed by atoms with Crippen molar-refractivity contribution in [3.63, 3.8) is 0 Å². The highest BCUT2D eigenvalue weighted by Gasteiger charge is 2.13. The maximum atomic E-state index is 11.5. The number of hydrogen-bond donors (Lipinski definition) is 0. The number of nitrogens with zero attached hydrogens (tertiary/aromatic N) is 3. The third-order valence-corrected chi connectivity index (χ3v) is 5.63. The molecule has 0 aliphatic heterocycles. The molecule has 0 aliphatic carbocycles. The molecule has 0 saturated carbocycles. The molecule has 36 heavy (non-hydrogen) atoms. The molecular weight excluding hydrogens is 454 g/mol. The zero-order valence-corrected chi connectivity index (χ0v) is 19.8. The summed E-state index contributed by atoms with van der Waals surface area (Å²) in [6, 6.07) is 27.3. The van der Waals surface area contributed by atoms with Crippen LogP contribution in [0.1, 0.15) is 32.9 Å². The van der Waals surface area contributed by atoms with Crippen molar-refractivity contribution < 1.29 is 18.7 Å². The van der Waals surface area contributed by atoms with E-state index in [-0.39, 0.29) is 13.2 Å². The molecule has 7 heteroatoms. The van der Waals surface area contributed by atoms with Crippen LogP contribution in [0.4, 0.5) is 0 Å². The monoisotopic (exact) mass is 479 g/mol. The molecule has 0 amide bonds. The molecule has 0 radical (unpaired) electrons. The quantitative estimate of drug-likeness (QED) is 0.233. The number of benzene rings is 3. The Morgan fingerprint density at radius 1 is 0.889 bits per heavy atom. The van der Waals surface area contributed by atoms with E-state index in [0.717, 1.165) is 34.4 Å². The molecule has 2 heterocycles. The lowest BCUT2D eigenvalue weighted by Crippen LogP contribution is -2.02. The summed E-state index contributed by atoms with van der Waals surface area (Å²) < 4.78 is 19.4. The normalized spacial score (nSPS) is 10.8. The summed E-state index contributed by atoms with van der Waals surface area (Å²) in [5.74, 6) is 2.29. The van der Waals surface area contributed by atoms with E-state index in [4.69, 9.17) is 13.9 Å². The molecule has 0 atom stereocenters. The fourth-order valence-corrected chi connectivity index (χ4v) is 3.76. The van der Waals surface area contributed by atoms with Crippen LogP contribution in [0.25, 0.3) is 11.5 Å². The van der Waals surface area contributed by atoms with E-state index in [9.17, 15) is 4.79 Å². The Morgan fingerprint density at radius 2 is 1.64 bits per heavy atom. The van der Waals surface area contributed by atoms with Gasteiger partial charge in [0.05, 0.1) is 12.1 Å². The first-order valence-electron chi connectivity index (χ1n) is 11.6. The molecule has 5 rings (SSSR count). The fraction of sp³-hybridized carbons (Fsp3) is 0.138. The van der Waals surface area contributed by atoms with Crippen LogP contribution in [-0.2, 0) is 19.8 Å². The third kappa shape index (κ3) is 5.52. The van der Waals surface area contributed by atoms with Gasteiger partial charge >= 0.3 is 0 Å². The highest BCUT2D eigenvalue weighted by molar-refractivity contribution is 5.77. The molecule has 7 nitrogen and oxygen atoms in total. The van der Waals surface area contributed by atoms with Gasteiger partial charge in [0.2, 0.25) is 11.8 Å². The molecule has 0 saturated heterocycles. The number of aromatic nitrogens is 3. The van der Waals surface area contributed by atoms with Crippen LogP contribution in [0, 0.1) is 6.92 Å². The van der Waals surface area contributed by atoms with Gasteiger partial charge in [0.1, 0.15) is 30.4 Å². The van der Waals surface area contributed by atoms with E-state index in [1.807, 2.05) is 91.9 Å². The molecule has 0 spiro atoms. The van der Waals surface area contributed by atoms with Crippen LogP contribution >= 0.6 is 0 Å². The van der Waals surface area contributed by atoms with Crippen molar-refractivity contribution in [3.8, 4) is 23.1 Å². The highest BCUT2D eigenvalue weighted by Crippen LogP contribution is 2.23. The predicted molar refractivity (Wildman–Crippen MR) is 135 cm³/mol. The largest absolute Gasteiger partial charge is 0.487 e. The van der Waals surface area contributed by atoms with E-state index < -0.39 is 0 Å². The van der Waals surface area contributed by atoms with Crippen molar-refractivity contribution in [3.05, 3.63) is 119 Å². The Morgan fingerprint density at radius 3 is 2.42 bits per heavy atom. The standard InChI is InChI=1S/C29H25N3O4/c1-21-27(30-28(36-21)24-12-6-3-7-13-24)20-34-26-14-8-11-23(15-26)19-35-29-25(18-33)17-32(31-29)16-22-9-4-2-5-10-22/h2-15,17-18H,16,19-20H2,1H3. The summed E-state index contributed by atoms with van der Waals surface area (Å²) in [7, 11) is 0. The lowest BCUT2D eigenvalue weighted by Gasteiger charge is -2.08. The van der Waals surface area contributed by atoms with Crippen molar-refractivity contribution in [2.45, 2.75) is 26.7 Å². The predicted octanol–water partition coefficient (Wildman–Crippen LogP) is 5.87. The van der Waals surface area contributed by atoms with Gasteiger partial charge < -0.3 is 13.9 Å². The van der Waals surface area contributed by atoms with Crippen LogP contribution in [0.15, 0.2) is 95.5 Å². The van der Waals surface area contributed by atoms with Crippen LogP contribution in [0.5, 0.6) is 11.6 Å². The highest BCUT2D eigenvalue weighted by atomic mass is 16.5. The molecule has 5 aromatic rings. The average molecular weight is 480 g/mol. The minimum atomic E-state index is 0.252. The number of ether oxygens (including phenoxy) is 2. The molecule has 0 unspecified atom stereocenters. The molecule has 3 aromatic carbocycles. The summed E-state index contributed by atoms with van der Waals surface area (Å²) in [5.41, 5.74) is 4.06. The Balaban J connectivity index is 1.21. The summed E-state index contributed by atoms with van der Waals surface area (Å²) in [4.78, 5) is 16.1. The van der Waals surface area contributed by atoms with E-state index >= 15 is 0 Å². The zero-order chi connectivity index (χ0) is 24.7. The zero-order valence-electron chi connectivity index (χ0n) is 19.8. The van der Waals surface area contributed by atoms with Crippen LogP contribution in [0.2, 0.25) is 0 Å². The van der Waals surface area contributed by atoms with Crippen molar-refractivity contribution in [2.75, 3.05) is 0 Å². The first-order valence-corrected chi connectivity index (χ1v) is 11.6. The lowest BCUT2D eigenvalue weighted by molar-refractivity contribution is 0.111. The van der Waals surface area contributed by atoms with E-state index in [1.165, 1.54) is 0 Å². The smallest absolute Gasteiger partial charge is 0.243 e. The number of rotatable bonds is 10. The molecular formula is C29H25N3O4.